The van der Waals surface area contributed by atoms with Gasteiger partial charge in [0.2, 0.25) is 0 Å². The van der Waals surface area contributed by atoms with Crippen LogP contribution >= 0.6 is 0 Å². The van der Waals surface area contributed by atoms with Crippen molar-refractivity contribution in [1.29, 1.82) is 0 Å². The molecule has 0 aromatic heterocycles. The van der Waals surface area contributed by atoms with Crippen LogP contribution in [-0.2, 0) is 19.7 Å². The van der Waals surface area contributed by atoms with E-state index in [4.69, 9.17) is 14.2 Å². The molecule has 5 aliphatic rings. The first kappa shape index (κ1) is 18.8. The summed E-state index contributed by atoms with van der Waals surface area (Å²) < 4.78 is 18.2. The molecule has 1 heterocycles. The Morgan fingerprint density at radius 3 is 2.43 bits per heavy atom. The van der Waals surface area contributed by atoms with Crippen molar-refractivity contribution in [2.45, 2.75) is 50.2 Å². The molecule has 1 aromatic carbocycles. The molecular weight excluding hydrogens is 376 g/mol. The van der Waals surface area contributed by atoms with Crippen molar-refractivity contribution in [1.82, 2.24) is 0 Å². The highest BCUT2D eigenvalue weighted by molar-refractivity contribution is 5.96. The maximum absolute atomic E-state index is 13.6. The largest absolute Gasteiger partial charge is 0.497 e. The molecule has 1 aromatic rings. The highest BCUT2D eigenvalue weighted by atomic mass is 16.7. The van der Waals surface area contributed by atoms with Gasteiger partial charge in [-0.1, -0.05) is 44.1 Å². The zero-order valence-electron chi connectivity index (χ0n) is 17.9. The van der Waals surface area contributed by atoms with E-state index in [-0.39, 0.29) is 33.9 Å². The quantitative estimate of drug-likeness (QED) is 0.674. The number of methoxy groups -OCH3 is 1. The molecule has 1 aliphatic heterocycles. The second-order valence-electron chi connectivity index (χ2n) is 9.97. The van der Waals surface area contributed by atoms with Gasteiger partial charge in [-0.15, -0.1) is 0 Å². The number of carbonyl (C=O) groups is 1. The predicted molar refractivity (Wildman–Crippen MR) is 113 cm³/mol. The lowest BCUT2D eigenvalue weighted by Crippen LogP contribution is -2.57. The number of carbonyl (C=O) groups excluding carboxylic acids is 1. The summed E-state index contributed by atoms with van der Waals surface area (Å²) in [5.74, 6) is 0.131. The lowest BCUT2D eigenvalue weighted by atomic mass is 9.52. The van der Waals surface area contributed by atoms with Gasteiger partial charge in [0.1, 0.15) is 5.75 Å². The Kier molecular flexibility index (Phi) is 3.81. The fourth-order valence-electron chi connectivity index (χ4n) is 8.02. The van der Waals surface area contributed by atoms with E-state index in [2.05, 4.69) is 31.2 Å². The Hall–Kier alpha value is -1.91. The van der Waals surface area contributed by atoms with Gasteiger partial charge in [-0.3, -0.25) is 4.79 Å². The second-order valence-corrected chi connectivity index (χ2v) is 9.97. The summed E-state index contributed by atoms with van der Waals surface area (Å²) in [6, 6.07) is 8.40. The number of hydrogen-bond acceptors (Lipinski definition) is 4. The predicted octanol–water partition coefficient (Wildman–Crippen LogP) is 4.59. The number of ketones is 1. The first-order chi connectivity index (χ1) is 14.5. The molecule has 0 N–H and O–H groups in total. The standard InChI is InChI=1S/C26H30O4/c1-23-11-3-4-12-24(23)14-15-25(23,18-6-8-19(28-2)9-7-18)21-20(27)10-13-26(22(21)24)29-16-5-17-30-26/h6-10,13-15,21-22H,3-5,11-12,16-17H2,1-2H3/t21-,22+,23+,24+,25+/m1/s1. The van der Waals surface area contributed by atoms with Crippen LogP contribution in [0.3, 0.4) is 0 Å². The van der Waals surface area contributed by atoms with Gasteiger partial charge in [0.15, 0.2) is 11.6 Å². The van der Waals surface area contributed by atoms with Gasteiger partial charge in [0.05, 0.1) is 20.3 Å². The molecule has 4 heteroatoms. The Balaban J connectivity index is 1.61. The number of ether oxygens (including phenoxy) is 3. The molecular formula is C26H30O4. The van der Waals surface area contributed by atoms with Crippen LogP contribution in [0, 0.1) is 22.7 Å². The van der Waals surface area contributed by atoms with Crippen LogP contribution in [0.25, 0.3) is 0 Å². The van der Waals surface area contributed by atoms with E-state index in [9.17, 15) is 4.79 Å². The summed E-state index contributed by atoms with van der Waals surface area (Å²) in [6.45, 7) is 3.81. The van der Waals surface area contributed by atoms with Gasteiger partial charge in [-0.05, 0) is 54.5 Å². The van der Waals surface area contributed by atoms with Crippen LogP contribution in [0.4, 0.5) is 0 Å². The van der Waals surface area contributed by atoms with E-state index in [0.29, 0.717) is 13.2 Å². The molecule has 158 valence electrons. The Morgan fingerprint density at radius 1 is 0.967 bits per heavy atom. The van der Waals surface area contributed by atoms with Crippen LogP contribution in [0.15, 0.2) is 48.6 Å². The Labute approximate surface area is 178 Å². The molecule has 6 rings (SSSR count). The van der Waals surface area contributed by atoms with Gasteiger partial charge in [-0.2, -0.15) is 0 Å². The van der Waals surface area contributed by atoms with Gasteiger partial charge in [0, 0.05) is 22.7 Å². The third-order valence-corrected chi connectivity index (χ3v) is 9.21. The van der Waals surface area contributed by atoms with E-state index in [1.807, 2.05) is 18.2 Å². The van der Waals surface area contributed by atoms with E-state index < -0.39 is 5.79 Å². The smallest absolute Gasteiger partial charge is 0.192 e. The molecule has 4 nitrogen and oxygen atoms in total. The maximum Gasteiger partial charge on any atom is 0.192 e. The first-order valence-corrected chi connectivity index (χ1v) is 11.4. The molecule has 5 atom stereocenters. The normalized spacial score (nSPS) is 42.9. The van der Waals surface area contributed by atoms with Crippen molar-refractivity contribution in [2.75, 3.05) is 20.3 Å². The average Bonchev–Trinajstić information content (AvgIpc) is 3.18. The van der Waals surface area contributed by atoms with E-state index in [1.165, 1.54) is 18.4 Å². The molecule has 1 saturated heterocycles. The number of allylic oxidation sites excluding steroid dienone is 3. The average molecular weight is 407 g/mol. The summed E-state index contributed by atoms with van der Waals surface area (Å²) in [5.41, 5.74) is 0.741. The Bertz CT molecular complexity index is 940. The van der Waals surface area contributed by atoms with Crippen LogP contribution in [0.1, 0.15) is 44.6 Å². The number of rotatable bonds is 2. The van der Waals surface area contributed by atoms with Crippen LogP contribution < -0.4 is 4.74 Å². The summed E-state index contributed by atoms with van der Waals surface area (Å²) in [4.78, 5) is 13.6. The van der Waals surface area contributed by atoms with Crippen LogP contribution in [0.5, 0.6) is 5.75 Å². The molecule has 0 unspecified atom stereocenters. The van der Waals surface area contributed by atoms with Crippen molar-refractivity contribution >= 4 is 5.78 Å². The van der Waals surface area contributed by atoms with Crippen LogP contribution in [0.2, 0.25) is 0 Å². The van der Waals surface area contributed by atoms with Gasteiger partial charge < -0.3 is 14.2 Å². The third-order valence-electron chi connectivity index (χ3n) is 9.21. The molecule has 2 saturated carbocycles. The molecule has 4 aliphatic carbocycles. The van der Waals surface area contributed by atoms with Gasteiger partial charge >= 0.3 is 0 Å². The van der Waals surface area contributed by atoms with E-state index in [1.54, 1.807) is 13.2 Å². The van der Waals surface area contributed by atoms with Crippen molar-refractivity contribution in [2.24, 2.45) is 22.7 Å². The summed E-state index contributed by atoms with van der Waals surface area (Å²) >= 11 is 0. The van der Waals surface area contributed by atoms with E-state index in [0.717, 1.165) is 25.0 Å². The lowest BCUT2D eigenvalue weighted by Gasteiger charge is -2.54. The number of hydrogen-bond donors (Lipinski definition) is 0. The SMILES string of the molecule is COc1ccc([C@]23C=C[C@@]4(CCCC[C@]24C)[C@@H]2[C@H]3C(=O)C=CC23OCCCO3)cc1. The fourth-order valence-corrected chi connectivity index (χ4v) is 8.02. The molecule has 3 fully saturated rings. The van der Waals surface area contributed by atoms with Gasteiger partial charge in [0.25, 0.3) is 0 Å². The van der Waals surface area contributed by atoms with Crippen molar-refractivity contribution in [3.8, 4) is 5.75 Å². The molecule has 0 amide bonds. The highest BCUT2D eigenvalue weighted by Gasteiger charge is 2.80. The minimum atomic E-state index is -0.783. The summed E-state index contributed by atoms with van der Waals surface area (Å²) in [7, 11) is 1.69. The number of fused-ring (bicyclic) bond motifs is 3. The monoisotopic (exact) mass is 406 g/mol. The minimum Gasteiger partial charge on any atom is -0.497 e. The third kappa shape index (κ3) is 1.94. The highest BCUT2D eigenvalue weighted by Crippen LogP contribution is 2.80. The topological polar surface area (TPSA) is 44.8 Å². The van der Waals surface area contributed by atoms with Gasteiger partial charge in [-0.25, -0.2) is 0 Å². The molecule has 0 radical (unpaired) electrons. The molecule has 1 spiro atoms. The summed E-state index contributed by atoms with van der Waals surface area (Å²) in [6.07, 6.45) is 14.0. The molecule has 2 bridgehead atoms. The van der Waals surface area contributed by atoms with Crippen molar-refractivity contribution < 1.29 is 19.0 Å². The lowest BCUT2D eigenvalue weighted by molar-refractivity contribution is -0.286. The van der Waals surface area contributed by atoms with E-state index >= 15 is 0 Å². The van der Waals surface area contributed by atoms with Crippen molar-refractivity contribution in [3.63, 3.8) is 0 Å². The number of benzene rings is 1. The van der Waals surface area contributed by atoms with Crippen LogP contribution in [-0.4, -0.2) is 31.9 Å². The maximum atomic E-state index is 13.6. The first-order valence-electron chi connectivity index (χ1n) is 11.4. The zero-order valence-corrected chi connectivity index (χ0v) is 17.9. The van der Waals surface area contributed by atoms with Crippen molar-refractivity contribution in [3.05, 3.63) is 54.1 Å². The fraction of sp³-hybridized carbons (Fsp3) is 0.577. The Morgan fingerprint density at radius 2 is 1.70 bits per heavy atom. The second kappa shape index (κ2) is 6.08. The minimum absolute atomic E-state index is 0.0141. The molecule has 30 heavy (non-hydrogen) atoms. The summed E-state index contributed by atoms with van der Waals surface area (Å²) in [5, 5.41) is 0. The zero-order chi connectivity index (χ0) is 20.6.